The van der Waals surface area contributed by atoms with E-state index in [1.165, 1.54) is 0 Å². The fourth-order valence-corrected chi connectivity index (χ4v) is 2.59. The molecule has 4 nitrogen and oxygen atoms in total. The third kappa shape index (κ3) is 3.60. The van der Waals surface area contributed by atoms with Crippen LogP contribution in [-0.2, 0) is 0 Å². The summed E-state index contributed by atoms with van der Waals surface area (Å²) in [4.78, 5) is 0. The Morgan fingerprint density at radius 3 is 2.28 bits per heavy atom. The second-order valence-electron chi connectivity index (χ2n) is 4.25. The van der Waals surface area contributed by atoms with Crippen molar-refractivity contribution in [1.82, 2.24) is 0 Å². The van der Waals surface area contributed by atoms with Gasteiger partial charge in [0.25, 0.3) is 0 Å². The van der Waals surface area contributed by atoms with E-state index in [1.54, 1.807) is 21.1 Å². The highest BCUT2D eigenvalue weighted by Gasteiger charge is 2.18. The van der Waals surface area contributed by atoms with Crippen molar-refractivity contribution in [2.45, 2.75) is 25.4 Å². The molecule has 0 aliphatic rings. The number of methoxy groups -OCH3 is 2. The minimum Gasteiger partial charge on any atom is -0.493 e. The Bertz CT molecular complexity index is 396. The highest BCUT2D eigenvalue weighted by Crippen LogP contribution is 2.37. The van der Waals surface area contributed by atoms with Crippen LogP contribution in [0.2, 0.25) is 0 Å². The number of hydrogen-bond donors (Lipinski definition) is 2. The molecular weight excluding hydrogens is 298 g/mol. The molecule has 0 saturated heterocycles. The van der Waals surface area contributed by atoms with Crippen molar-refractivity contribution in [3.8, 4) is 11.5 Å². The summed E-state index contributed by atoms with van der Waals surface area (Å²) in [5.41, 5.74) is 6.80. The highest BCUT2D eigenvalue weighted by atomic mass is 79.9. The van der Waals surface area contributed by atoms with E-state index in [-0.39, 0.29) is 5.92 Å². The summed E-state index contributed by atoms with van der Waals surface area (Å²) in [6.45, 7) is 2.23. The number of hydrogen-bond acceptors (Lipinski definition) is 4. The molecule has 1 rings (SSSR count). The Morgan fingerprint density at radius 1 is 1.28 bits per heavy atom. The third-order valence-corrected chi connectivity index (χ3v) is 3.54. The first kappa shape index (κ1) is 15.3. The Hall–Kier alpha value is -0.780. The molecule has 3 N–H and O–H groups in total. The van der Waals surface area contributed by atoms with Crippen molar-refractivity contribution < 1.29 is 14.6 Å². The van der Waals surface area contributed by atoms with Gasteiger partial charge in [0, 0.05) is 4.47 Å². The van der Waals surface area contributed by atoms with Crippen LogP contribution in [-0.4, -0.2) is 32.0 Å². The van der Waals surface area contributed by atoms with Crippen LogP contribution in [0.4, 0.5) is 0 Å². The smallest absolute Gasteiger partial charge is 0.161 e. The summed E-state index contributed by atoms with van der Waals surface area (Å²) in [5.74, 6) is 1.42. The molecule has 5 heteroatoms. The lowest BCUT2D eigenvalue weighted by Gasteiger charge is -2.20. The Labute approximate surface area is 116 Å². The predicted molar refractivity (Wildman–Crippen MR) is 75.3 cm³/mol. The molecule has 0 amide bonds. The van der Waals surface area contributed by atoms with Gasteiger partial charge in [0.1, 0.15) is 0 Å². The molecular formula is C13H20BrNO3. The van der Waals surface area contributed by atoms with Gasteiger partial charge in [0.15, 0.2) is 11.5 Å². The summed E-state index contributed by atoms with van der Waals surface area (Å²) in [6.07, 6.45) is 0.225. The topological polar surface area (TPSA) is 64.7 Å². The first-order valence-electron chi connectivity index (χ1n) is 5.83. The van der Waals surface area contributed by atoms with Crippen LogP contribution in [0.5, 0.6) is 11.5 Å². The Balaban J connectivity index is 3.14. The van der Waals surface area contributed by atoms with E-state index in [4.69, 9.17) is 15.2 Å². The maximum Gasteiger partial charge on any atom is 0.161 e. The maximum absolute atomic E-state index is 9.51. The summed E-state index contributed by atoms with van der Waals surface area (Å²) in [5, 5.41) is 9.51. The number of halogens is 1. The average Bonchev–Trinajstić information content (AvgIpc) is 2.35. The van der Waals surface area contributed by atoms with E-state index in [2.05, 4.69) is 15.9 Å². The van der Waals surface area contributed by atoms with E-state index in [1.807, 2.05) is 12.1 Å². The van der Waals surface area contributed by atoms with Crippen molar-refractivity contribution in [2.75, 3.05) is 20.8 Å². The molecule has 0 fully saturated rings. The van der Waals surface area contributed by atoms with Crippen LogP contribution in [0.25, 0.3) is 0 Å². The van der Waals surface area contributed by atoms with Gasteiger partial charge < -0.3 is 20.3 Å². The lowest BCUT2D eigenvalue weighted by Crippen LogP contribution is -2.18. The van der Waals surface area contributed by atoms with Gasteiger partial charge in [-0.2, -0.15) is 0 Å². The van der Waals surface area contributed by atoms with Gasteiger partial charge in [-0.05, 0) is 43.5 Å². The molecule has 102 valence electrons. The van der Waals surface area contributed by atoms with Gasteiger partial charge in [-0.1, -0.05) is 15.9 Å². The van der Waals surface area contributed by atoms with E-state index in [0.717, 1.165) is 10.0 Å². The van der Waals surface area contributed by atoms with Crippen LogP contribution in [0.3, 0.4) is 0 Å². The molecule has 0 aliphatic carbocycles. The zero-order chi connectivity index (χ0) is 13.7. The van der Waals surface area contributed by atoms with E-state index >= 15 is 0 Å². The molecule has 0 aliphatic heterocycles. The quantitative estimate of drug-likeness (QED) is 0.844. The lowest BCUT2D eigenvalue weighted by molar-refractivity contribution is 0.175. The summed E-state index contributed by atoms with van der Waals surface area (Å²) in [6, 6.07) is 3.77. The number of rotatable bonds is 6. The normalized spacial score (nSPS) is 14.1. The number of aliphatic hydroxyl groups is 1. The van der Waals surface area contributed by atoms with E-state index in [0.29, 0.717) is 24.5 Å². The maximum atomic E-state index is 9.51. The molecule has 0 spiro atoms. The van der Waals surface area contributed by atoms with Gasteiger partial charge in [-0.25, -0.2) is 0 Å². The molecule has 2 unspecified atom stereocenters. The number of ether oxygens (including phenoxy) is 2. The molecule has 0 aromatic heterocycles. The van der Waals surface area contributed by atoms with Crippen molar-refractivity contribution in [3.05, 3.63) is 22.2 Å². The van der Waals surface area contributed by atoms with Gasteiger partial charge in [0.2, 0.25) is 0 Å². The summed E-state index contributed by atoms with van der Waals surface area (Å²) in [7, 11) is 3.20. The first-order chi connectivity index (χ1) is 8.53. The van der Waals surface area contributed by atoms with Crippen LogP contribution in [0, 0.1) is 0 Å². The van der Waals surface area contributed by atoms with Crippen molar-refractivity contribution in [2.24, 2.45) is 5.73 Å². The average molecular weight is 318 g/mol. The van der Waals surface area contributed by atoms with Crippen LogP contribution < -0.4 is 15.2 Å². The number of benzene rings is 1. The first-order valence-corrected chi connectivity index (χ1v) is 6.62. The molecule has 0 radical (unpaired) electrons. The molecule has 0 saturated carbocycles. The largest absolute Gasteiger partial charge is 0.493 e. The second-order valence-corrected chi connectivity index (χ2v) is 5.10. The minimum absolute atomic E-state index is 0.0826. The summed E-state index contributed by atoms with van der Waals surface area (Å²) >= 11 is 3.51. The third-order valence-electron chi connectivity index (χ3n) is 2.85. The fraction of sp³-hybridized carbons (Fsp3) is 0.538. The SMILES string of the molecule is COc1cc(Br)c(C(CN)CC(C)O)cc1OC. The van der Waals surface area contributed by atoms with Crippen molar-refractivity contribution >= 4 is 15.9 Å². The summed E-state index contributed by atoms with van der Waals surface area (Å²) < 4.78 is 11.4. The monoisotopic (exact) mass is 317 g/mol. The Kier molecular flexibility index (Phi) is 5.91. The number of aliphatic hydroxyl groups excluding tert-OH is 1. The second kappa shape index (κ2) is 6.97. The fourth-order valence-electron chi connectivity index (χ4n) is 1.94. The van der Waals surface area contributed by atoms with Gasteiger partial charge in [-0.3, -0.25) is 0 Å². The highest BCUT2D eigenvalue weighted by molar-refractivity contribution is 9.10. The van der Waals surface area contributed by atoms with E-state index < -0.39 is 6.10 Å². The molecule has 1 aromatic carbocycles. The molecule has 2 atom stereocenters. The zero-order valence-corrected chi connectivity index (χ0v) is 12.5. The van der Waals surface area contributed by atoms with Crippen LogP contribution in [0.1, 0.15) is 24.8 Å². The molecule has 0 heterocycles. The van der Waals surface area contributed by atoms with Crippen LogP contribution in [0.15, 0.2) is 16.6 Å². The Morgan fingerprint density at radius 2 is 1.83 bits per heavy atom. The number of nitrogens with two attached hydrogens (primary N) is 1. The standard InChI is InChI=1S/C13H20BrNO3/c1-8(16)4-9(7-15)10-5-12(17-2)13(18-3)6-11(10)14/h5-6,8-9,16H,4,7,15H2,1-3H3. The van der Waals surface area contributed by atoms with Crippen LogP contribution >= 0.6 is 15.9 Å². The van der Waals surface area contributed by atoms with E-state index in [9.17, 15) is 5.11 Å². The van der Waals surface area contributed by atoms with Crippen molar-refractivity contribution in [1.29, 1.82) is 0 Å². The van der Waals surface area contributed by atoms with Gasteiger partial charge in [0.05, 0.1) is 20.3 Å². The molecule has 18 heavy (non-hydrogen) atoms. The predicted octanol–water partition coefficient (Wildman–Crippen LogP) is 2.28. The van der Waals surface area contributed by atoms with Gasteiger partial charge >= 0.3 is 0 Å². The lowest BCUT2D eigenvalue weighted by atomic mass is 9.93. The van der Waals surface area contributed by atoms with Gasteiger partial charge in [-0.15, -0.1) is 0 Å². The van der Waals surface area contributed by atoms with Crippen molar-refractivity contribution in [3.63, 3.8) is 0 Å². The zero-order valence-electron chi connectivity index (χ0n) is 10.9. The molecule has 0 bridgehead atoms. The molecule has 1 aromatic rings. The minimum atomic E-state index is -0.390.